The van der Waals surface area contributed by atoms with Gasteiger partial charge in [-0.25, -0.2) is 4.98 Å². The number of nitrogens with zero attached hydrogens (tertiary/aromatic N) is 2. The molecule has 32 heavy (non-hydrogen) atoms. The van der Waals surface area contributed by atoms with Crippen LogP contribution < -0.4 is 20.3 Å². The van der Waals surface area contributed by atoms with E-state index >= 15 is 0 Å². The number of halogens is 1. The molecular weight excluding hydrogens is 470 g/mol. The number of thiophene rings is 2. The lowest BCUT2D eigenvalue weighted by Gasteiger charge is -2.14. The Bertz CT molecular complexity index is 1310. The number of carbonyl (C=O) groups excluding carboxylic acids is 1. The zero-order valence-electron chi connectivity index (χ0n) is 17.4. The molecule has 0 bridgehead atoms. The van der Waals surface area contributed by atoms with Crippen molar-refractivity contribution in [3.8, 4) is 21.9 Å². The van der Waals surface area contributed by atoms with Crippen LogP contribution in [0, 0.1) is 0 Å². The van der Waals surface area contributed by atoms with E-state index in [-0.39, 0.29) is 24.6 Å². The van der Waals surface area contributed by atoms with Gasteiger partial charge >= 0.3 is 0 Å². The topological polar surface area (TPSA) is 82.5 Å². The van der Waals surface area contributed by atoms with Gasteiger partial charge < -0.3 is 14.8 Å². The molecule has 0 aliphatic rings. The average Bonchev–Trinajstić information content (AvgIpc) is 3.46. The van der Waals surface area contributed by atoms with Crippen molar-refractivity contribution >= 4 is 50.4 Å². The van der Waals surface area contributed by atoms with Gasteiger partial charge in [-0.05, 0) is 36.1 Å². The maximum Gasteiger partial charge on any atom is 0.263 e. The highest BCUT2D eigenvalue weighted by Gasteiger charge is 2.16. The Kier molecular flexibility index (Phi) is 6.78. The highest BCUT2D eigenvalue weighted by atomic mass is 35.5. The number of ether oxygens (including phenoxy) is 2. The first-order chi connectivity index (χ1) is 15.5. The Morgan fingerprint density at radius 3 is 2.88 bits per heavy atom. The molecule has 4 aromatic rings. The fraction of sp³-hybridized carbons (Fsp3) is 0.227. The summed E-state index contributed by atoms with van der Waals surface area (Å²) in [4.78, 5) is 31.6. The third kappa shape index (κ3) is 4.50. The first kappa shape index (κ1) is 22.3. The normalized spacial score (nSPS) is 11.0. The zero-order chi connectivity index (χ0) is 22.7. The van der Waals surface area contributed by atoms with Crippen LogP contribution in [0.5, 0.6) is 11.5 Å². The number of amides is 1. The molecule has 0 spiro atoms. The second-order valence-corrected chi connectivity index (χ2v) is 9.02. The fourth-order valence-corrected chi connectivity index (χ4v) is 5.27. The van der Waals surface area contributed by atoms with Crippen LogP contribution in [-0.2, 0) is 17.9 Å². The molecule has 0 saturated heterocycles. The Morgan fingerprint density at radius 1 is 1.31 bits per heavy atom. The summed E-state index contributed by atoms with van der Waals surface area (Å²) in [6.45, 7) is 2.41. The molecule has 0 saturated carbocycles. The van der Waals surface area contributed by atoms with Crippen molar-refractivity contribution in [2.75, 3.05) is 13.7 Å². The van der Waals surface area contributed by atoms with E-state index in [4.69, 9.17) is 21.1 Å². The largest absolute Gasteiger partial charge is 0.493 e. The van der Waals surface area contributed by atoms with E-state index in [0.717, 1.165) is 16.0 Å². The third-order valence-electron chi connectivity index (χ3n) is 4.73. The minimum atomic E-state index is -0.315. The molecule has 1 amide bonds. The monoisotopic (exact) mass is 489 g/mol. The second kappa shape index (κ2) is 9.72. The minimum Gasteiger partial charge on any atom is -0.493 e. The maximum atomic E-state index is 13.0. The van der Waals surface area contributed by atoms with Crippen LogP contribution >= 0.6 is 34.3 Å². The van der Waals surface area contributed by atoms with E-state index in [9.17, 15) is 9.59 Å². The van der Waals surface area contributed by atoms with Crippen LogP contribution in [0.4, 0.5) is 0 Å². The molecule has 4 rings (SSSR count). The van der Waals surface area contributed by atoms with Crippen LogP contribution in [0.2, 0.25) is 5.02 Å². The molecule has 166 valence electrons. The van der Waals surface area contributed by atoms with Crippen LogP contribution in [0.15, 0.2) is 46.1 Å². The van der Waals surface area contributed by atoms with Gasteiger partial charge in [0.2, 0.25) is 5.91 Å². The summed E-state index contributed by atoms with van der Waals surface area (Å²) >= 11 is 9.27. The summed E-state index contributed by atoms with van der Waals surface area (Å²) in [6, 6.07) is 7.38. The lowest BCUT2D eigenvalue weighted by Crippen LogP contribution is -2.32. The van der Waals surface area contributed by atoms with Gasteiger partial charge in [0.05, 0.1) is 30.5 Å². The van der Waals surface area contributed by atoms with E-state index in [1.165, 1.54) is 29.3 Å². The first-order valence-electron chi connectivity index (χ1n) is 9.78. The fourth-order valence-electron chi connectivity index (χ4n) is 3.26. The summed E-state index contributed by atoms with van der Waals surface area (Å²) < 4.78 is 12.2. The van der Waals surface area contributed by atoms with Crippen molar-refractivity contribution in [2.45, 2.75) is 20.0 Å². The van der Waals surface area contributed by atoms with Gasteiger partial charge in [-0.2, -0.15) is 0 Å². The van der Waals surface area contributed by atoms with Crippen LogP contribution in [-0.4, -0.2) is 29.2 Å². The third-order valence-corrected chi connectivity index (χ3v) is 6.80. The van der Waals surface area contributed by atoms with Crippen molar-refractivity contribution < 1.29 is 14.3 Å². The smallest absolute Gasteiger partial charge is 0.263 e. The molecule has 0 aliphatic carbocycles. The van der Waals surface area contributed by atoms with E-state index in [0.29, 0.717) is 33.3 Å². The molecule has 10 heteroatoms. The molecule has 1 N–H and O–H groups in total. The molecule has 7 nitrogen and oxygen atoms in total. The average molecular weight is 490 g/mol. The number of hydrogen-bond acceptors (Lipinski definition) is 7. The van der Waals surface area contributed by atoms with Crippen LogP contribution in [0.25, 0.3) is 20.7 Å². The van der Waals surface area contributed by atoms with Crippen molar-refractivity contribution in [1.82, 2.24) is 14.9 Å². The minimum absolute atomic E-state index is 0.136. The Balaban J connectivity index is 1.50. The molecular formula is C22H20ClN3O4S2. The molecule has 3 heterocycles. The van der Waals surface area contributed by atoms with Gasteiger partial charge in [-0.1, -0.05) is 17.7 Å². The summed E-state index contributed by atoms with van der Waals surface area (Å²) in [5, 5.41) is 7.64. The number of fused-ring (bicyclic) bond motifs is 1. The highest BCUT2D eigenvalue weighted by molar-refractivity contribution is 7.18. The second-order valence-electron chi connectivity index (χ2n) is 6.80. The maximum absolute atomic E-state index is 13.0. The Hall–Kier alpha value is -2.88. The van der Waals surface area contributed by atoms with E-state index in [2.05, 4.69) is 10.3 Å². The van der Waals surface area contributed by atoms with Crippen molar-refractivity contribution in [1.29, 1.82) is 0 Å². The van der Waals surface area contributed by atoms with E-state index in [1.807, 2.05) is 29.8 Å². The summed E-state index contributed by atoms with van der Waals surface area (Å²) in [5.41, 5.74) is 1.37. The lowest BCUT2D eigenvalue weighted by molar-refractivity contribution is -0.121. The van der Waals surface area contributed by atoms with Gasteiger partial charge in [0.15, 0.2) is 11.5 Å². The Labute approximate surface area is 197 Å². The molecule has 0 unspecified atom stereocenters. The van der Waals surface area contributed by atoms with Gasteiger partial charge in [0, 0.05) is 22.4 Å². The Morgan fingerprint density at radius 2 is 2.16 bits per heavy atom. The highest BCUT2D eigenvalue weighted by Crippen LogP contribution is 2.36. The van der Waals surface area contributed by atoms with Gasteiger partial charge in [-0.3, -0.25) is 14.2 Å². The summed E-state index contributed by atoms with van der Waals surface area (Å²) in [6.07, 6.45) is 1.41. The van der Waals surface area contributed by atoms with Crippen LogP contribution in [0.1, 0.15) is 12.5 Å². The summed E-state index contributed by atoms with van der Waals surface area (Å²) in [5.74, 6) is 0.646. The van der Waals surface area contributed by atoms with Crippen molar-refractivity contribution in [2.24, 2.45) is 0 Å². The van der Waals surface area contributed by atoms with Gasteiger partial charge in [0.25, 0.3) is 5.56 Å². The lowest BCUT2D eigenvalue weighted by atomic mass is 10.2. The molecule has 3 aromatic heterocycles. The zero-order valence-corrected chi connectivity index (χ0v) is 19.8. The predicted octanol–water partition coefficient (Wildman–Crippen LogP) is 4.56. The number of benzene rings is 1. The molecule has 0 aliphatic heterocycles. The number of rotatable bonds is 8. The van der Waals surface area contributed by atoms with Crippen molar-refractivity contribution in [3.05, 3.63) is 62.3 Å². The van der Waals surface area contributed by atoms with E-state index in [1.54, 1.807) is 23.5 Å². The number of carbonyl (C=O) groups is 1. The molecule has 1 aromatic carbocycles. The van der Waals surface area contributed by atoms with Gasteiger partial charge in [-0.15, -0.1) is 22.7 Å². The molecule has 0 radical (unpaired) electrons. The number of aromatic nitrogens is 2. The number of hydrogen-bond donors (Lipinski definition) is 1. The quantitative estimate of drug-likeness (QED) is 0.392. The first-order valence-corrected chi connectivity index (χ1v) is 11.9. The van der Waals surface area contributed by atoms with Gasteiger partial charge in [0.1, 0.15) is 11.4 Å². The van der Waals surface area contributed by atoms with E-state index < -0.39 is 0 Å². The molecule has 0 atom stereocenters. The summed E-state index contributed by atoms with van der Waals surface area (Å²) in [7, 11) is 1.53. The van der Waals surface area contributed by atoms with Crippen LogP contribution in [0.3, 0.4) is 0 Å². The standard InChI is InChI=1S/C22H20ClN3O4S2/c1-3-30-20-15(23)7-13(8-16(20)29-2)9-24-18(27)10-26-12-25-21-19(22(26)28)14(11-32-21)17-5-4-6-31-17/h4-8,11-12H,3,9-10H2,1-2H3,(H,24,27). The molecule has 0 fully saturated rings. The SMILES string of the molecule is CCOc1c(Cl)cc(CNC(=O)Cn2cnc3scc(-c4cccs4)c3c2=O)cc1OC. The number of methoxy groups -OCH3 is 1. The number of nitrogens with one attached hydrogen (secondary N) is 1. The van der Waals surface area contributed by atoms with Crippen molar-refractivity contribution in [3.63, 3.8) is 0 Å². The predicted molar refractivity (Wildman–Crippen MR) is 128 cm³/mol.